The highest BCUT2D eigenvalue weighted by atomic mass is 31.2. The Morgan fingerprint density at radius 1 is 1.29 bits per heavy atom. The van der Waals surface area contributed by atoms with Crippen LogP contribution in [0.25, 0.3) is 0 Å². The van der Waals surface area contributed by atoms with Crippen LogP contribution in [0.4, 0.5) is 0 Å². The Morgan fingerprint density at radius 2 is 1.53 bits per heavy atom. The third-order valence-electron chi connectivity index (χ3n) is 0.912. The first-order valence-electron chi connectivity index (χ1n) is 4.45. The van der Waals surface area contributed by atoms with Crippen molar-refractivity contribution < 1.29 is 39.4 Å². The van der Waals surface area contributed by atoms with E-state index in [9.17, 15) is 4.79 Å². The minimum atomic E-state index is -4.64. The molecule has 0 saturated carbocycles. The van der Waals surface area contributed by atoms with Crippen LogP contribution >= 0.6 is 7.82 Å². The van der Waals surface area contributed by atoms with E-state index in [2.05, 4.69) is 6.58 Å². The maximum absolute atomic E-state index is 9.60. The maximum Gasteiger partial charge on any atom is 0.466 e. The fourth-order valence-electron chi connectivity index (χ4n) is 0.258. The number of aliphatic hydroxyl groups is 2. The Bertz CT molecular complexity index is 236. The van der Waals surface area contributed by atoms with Crippen LogP contribution in [-0.4, -0.2) is 42.3 Å². The van der Waals surface area contributed by atoms with Crippen molar-refractivity contribution in [2.75, 3.05) is 0 Å². The lowest BCUT2D eigenvalue weighted by molar-refractivity contribution is -0.132. The summed E-state index contributed by atoms with van der Waals surface area (Å²) in [5.74, 6) is -0.935. The first kappa shape index (κ1) is 21.5. The first-order chi connectivity index (χ1) is 7.41. The minimum absolute atomic E-state index is 0.176. The molecule has 17 heavy (non-hydrogen) atoms. The molecule has 0 saturated heterocycles. The van der Waals surface area contributed by atoms with Gasteiger partial charge in [0, 0.05) is 5.57 Å². The Hall–Kier alpha value is -0.760. The third kappa shape index (κ3) is 68.6. The van der Waals surface area contributed by atoms with Gasteiger partial charge in [-0.1, -0.05) is 19.9 Å². The van der Waals surface area contributed by atoms with Crippen molar-refractivity contribution in [3.05, 3.63) is 12.2 Å². The van der Waals surface area contributed by atoms with E-state index in [-0.39, 0.29) is 5.57 Å². The Kier molecular flexibility index (Phi) is 14.8. The summed E-state index contributed by atoms with van der Waals surface area (Å²) in [7, 11) is -4.64. The van der Waals surface area contributed by atoms with E-state index >= 15 is 0 Å². The lowest BCUT2D eigenvalue weighted by Crippen LogP contribution is -2.01. The summed E-state index contributed by atoms with van der Waals surface area (Å²) in [6.07, 6.45) is 0.215. The highest BCUT2D eigenvalue weighted by Gasteiger charge is 2.00. The predicted octanol–water partition coefficient (Wildman–Crippen LogP) is -0.184. The van der Waals surface area contributed by atoms with Crippen LogP contribution in [0.5, 0.6) is 0 Å². The molecular formula is C8H19O8P. The van der Waals surface area contributed by atoms with E-state index in [1.54, 1.807) is 0 Å². The van der Waals surface area contributed by atoms with Crippen LogP contribution in [-0.2, 0) is 9.36 Å². The summed E-state index contributed by atoms with van der Waals surface area (Å²) < 4.78 is 8.88. The molecule has 0 aliphatic rings. The highest BCUT2D eigenvalue weighted by Crippen LogP contribution is 2.25. The minimum Gasteiger partial charge on any atom is -0.478 e. The molecule has 0 fully saturated rings. The van der Waals surface area contributed by atoms with Crippen molar-refractivity contribution in [3.63, 3.8) is 0 Å². The average molecular weight is 274 g/mol. The molecule has 0 heterocycles. The Morgan fingerprint density at radius 3 is 1.53 bits per heavy atom. The molecule has 0 atom stereocenters. The van der Waals surface area contributed by atoms with Gasteiger partial charge in [0.15, 0.2) is 6.29 Å². The molecule has 0 aromatic heterocycles. The van der Waals surface area contributed by atoms with Gasteiger partial charge in [-0.05, 0) is 13.3 Å². The van der Waals surface area contributed by atoms with E-state index in [0.717, 1.165) is 6.42 Å². The molecule has 8 nitrogen and oxygen atoms in total. The normalized spacial score (nSPS) is 9.65. The molecule has 0 aliphatic carbocycles. The summed E-state index contributed by atoms with van der Waals surface area (Å²) in [5, 5.41) is 24.1. The number of hydrogen-bond acceptors (Lipinski definition) is 4. The molecule has 0 aliphatic heterocycles. The van der Waals surface area contributed by atoms with Crippen molar-refractivity contribution >= 4 is 13.8 Å². The van der Waals surface area contributed by atoms with Crippen LogP contribution in [0.2, 0.25) is 0 Å². The number of rotatable bonds is 3. The van der Waals surface area contributed by atoms with Crippen LogP contribution in [0.15, 0.2) is 12.2 Å². The Labute approximate surface area is 99.1 Å². The monoisotopic (exact) mass is 274 g/mol. The summed E-state index contributed by atoms with van der Waals surface area (Å²) in [6, 6.07) is 0. The molecule has 0 aromatic carbocycles. The maximum atomic E-state index is 9.60. The molecule has 0 amide bonds. The summed E-state index contributed by atoms with van der Waals surface area (Å²) in [6.45, 7) is 6.50. The van der Waals surface area contributed by atoms with Gasteiger partial charge in [-0.25, -0.2) is 9.36 Å². The SMILES string of the molecule is C=C(C)C(=O)O.CCCC(O)O.O=P(O)(O)O. The molecule has 6 N–H and O–H groups in total. The van der Waals surface area contributed by atoms with Gasteiger partial charge in [-0.15, -0.1) is 0 Å². The number of aliphatic hydroxyl groups excluding tert-OH is 1. The largest absolute Gasteiger partial charge is 0.478 e. The molecular weight excluding hydrogens is 255 g/mol. The van der Waals surface area contributed by atoms with Gasteiger partial charge in [0.05, 0.1) is 0 Å². The zero-order valence-corrected chi connectivity index (χ0v) is 10.5. The van der Waals surface area contributed by atoms with Gasteiger partial charge in [0.1, 0.15) is 0 Å². The van der Waals surface area contributed by atoms with Crippen LogP contribution in [0.1, 0.15) is 26.7 Å². The smallest absolute Gasteiger partial charge is 0.466 e. The zero-order chi connectivity index (χ0) is 14.6. The summed E-state index contributed by atoms with van der Waals surface area (Å²) >= 11 is 0. The van der Waals surface area contributed by atoms with Gasteiger partial charge >= 0.3 is 13.8 Å². The van der Waals surface area contributed by atoms with Crippen molar-refractivity contribution in [1.82, 2.24) is 0 Å². The number of carboxylic acid groups (broad SMARTS) is 1. The van der Waals surface area contributed by atoms with Crippen LogP contribution < -0.4 is 0 Å². The molecule has 0 radical (unpaired) electrons. The molecule has 9 heteroatoms. The van der Waals surface area contributed by atoms with E-state index in [1.165, 1.54) is 6.92 Å². The van der Waals surface area contributed by atoms with Crippen LogP contribution in [0, 0.1) is 0 Å². The second-order valence-corrected chi connectivity index (χ2v) is 3.89. The van der Waals surface area contributed by atoms with E-state index in [0.29, 0.717) is 6.42 Å². The second-order valence-electron chi connectivity index (χ2n) is 2.87. The lowest BCUT2D eigenvalue weighted by atomic mass is 10.3. The van der Waals surface area contributed by atoms with Gasteiger partial charge in [-0.3, -0.25) is 0 Å². The van der Waals surface area contributed by atoms with Gasteiger partial charge < -0.3 is 30.0 Å². The number of carbonyl (C=O) groups is 1. The van der Waals surface area contributed by atoms with Gasteiger partial charge in [-0.2, -0.15) is 0 Å². The number of aliphatic carboxylic acids is 1. The zero-order valence-electron chi connectivity index (χ0n) is 9.65. The topological polar surface area (TPSA) is 156 Å². The molecule has 0 unspecified atom stereocenters. The summed E-state index contributed by atoms with van der Waals surface area (Å²) in [4.78, 5) is 31.2. The van der Waals surface area contributed by atoms with Gasteiger partial charge in [0.2, 0.25) is 0 Å². The second kappa shape index (κ2) is 11.7. The Balaban J connectivity index is -0.000000174. The highest BCUT2D eigenvalue weighted by molar-refractivity contribution is 7.45. The van der Waals surface area contributed by atoms with Crippen LogP contribution in [0.3, 0.4) is 0 Å². The summed E-state index contributed by atoms with van der Waals surface area (Å²) in [5.41, 5.74) is 0.176. The molecule has 0 spiro atoms. The third-order valence-corrected chi connectivity index (χ3v) is 0.912. The fourth-order valence-corrected chi connectivity index (χ4v) is 0.258. The number of phosphoric acid groups is 1. The van der Waals surface area contributed by atoms with Crippen molar-refractivity contribution in [2.45, 2.75) is 33.0 Å². The van der Waals surface area contributed by atoms with Crippen molar-refractivity contribution in [2.24, 2.45) is 0 Å². The first-order valence-corrected chi connectivity index (χ1v) is 6.01. The molecule has 0 aromatic rings. The molecule has 104 valence electrons. The fraction of sp³-hybridized carbons (Fsp3) is 0.625. The van der Waals surface area contributed by atoms with Crippen molar-refractivity contribution in [1.29, 1.82) is 0 Å². The van der Waals surface area contributed by atoms with E-state index < -0.39 is 20.1 Å². The predicted molar refractivity (Wildman–Crippen MR) is 59.8 cm³/mol. The standard InChI is InChI=1S/C4H6O2.C4H10O2.H3O4P/c1-3(2)4(5)6;1-2-3-4(5)6;1-5(2,3)4/h1H2,2H3,(H,5,6);4-6H,2-3H2,1H3;(H3,1,2,3,4). The quantitative estimate of drug-likeness (QED) is 0.235. The molecule has 0 bridgehead atoms. The van der Waals surface area contributed by atoms with Gasteiger partial charge in [0.25, 0.3) is 0 Å². The average Bonchev–Trinajstić information content (AvgIpc) is 2.00. The van der Waals surface area contributed by atoms with E-state index in [4.69, 9.17) is 34.6 Å². The van der Waals surface area contributed by atoms with E-state index in [1.807, 2.05) is 6.92 Å². The molecule has 0 rings (SSSR count). The van der Waals surface area contributed by atoms with Crippen molar-refractivity contribution in [3.8, 4) is 0 Å². The number of hydrogen-bond donors (Lipinski definition) is 6. The number of carboxylic acids is 1. The lowest BCUT2D eigenvalue weighted by Gasteiger charge is -1.94.